The van der Waals surface area contributed by atoms with Crippen molar-refractivity contribution in [3.63, 3.8) is 0 Å². The standard InChI is InChI=1S/C26H23FO6/c1-6-19(16(5)17-10-12-21(20(27)14-17)31-24(28)7-2)18-11-13-22(32-25(29)8-3)23(15-18)33-26(30)9-4/h7-15H,2-4,6H2,1,5H3/b19-16+. The van der Waals surface area contributed by atoms with E-state index >= 15 is 0 Å². The normalized spacial score (nSPS) is 11.0. The van der Waals surface area contributed by atoms with Gasteiger partial charge in [-0.2, -0.15) is 0 Å². The van der Waals surface area contributed by atoms with Crippen molar-refractivity contribution >= 4 is 29.1 Å². The maximum absolute atomic E-state index is 14.5. The van der Waals surface area contributed by atoms with Crippen LogP contribution in [0.3, 0.4) is 0 Å². The quantitative estimate of drug-likeness (QED) is 0.219. The number of hydrogen-bond donors (Lipinski definition) is 0. The van der Waals surface area contributed by atoms with Gasteiger partial charge in [0.2, 0.25) is 0 Å². The molecule has 0 atom stereocenters. The molecular weight excluding hydrogens is 427 g/mol. The molecule has 0 aliphatic heterocycles. The Balaban J connectivity index is 2.52. The number of benzene rings is 2. The number of hydrogen-bond acceptors (Lipinski definition) is 6. The van der Waals surface area contributed by atoms with Gasteiger partial charge < -0.3 is 14.2 Å². The van der Waals surface area contributed by atoms with Crippen molar-refractivity contribution in [2.24, 2.45) is 0 Å². The summed E-state index contributed by atoms with van der Waals surface area (Å²) in [5.74, 6) is -3.06. The molecule has 170 valence electrons. The van der Waals surface area contributed by atoms with E-state index in [0.29, 0.717) is 17.5 Å². The summed E-state index contributed by atoms with van der Waals surface area (Å²) in [5.41, 5.74) is 2.80. The van der Waals surface area contributed by atoms with Crippen LogP contribution in [-0.2, 0) is 14.4 Å². The molecule has 0 radical (unpaired) electrons. The van der Waals surface area contributed by atoms with Gasteiger partial charge in [0.05, 0.1) is 0 Å². The number of ether oxygens (including phenoxy) is 3. The smallest absolute Gasteiger partial charge is 0.335 e. The van der Waals surface area contributed by atoms with Crippen molar-refractivity contribution in [3.8, 4) is 17.2 Å². The van der Waals surface area contributed by atoms with Crippen LogP contribution in [0.2, 0.25) is 0 Å². The summed E-state index contributed by atoms with van der Waals surface area (Å²) in [7, 11) is 0. The number of rotatable bonds is 9. The SMILES string of the molecule is C=CC(=O)Oc1ccc(/C(C)=C(\CC)c2ccc(OC(=O)C=C)c(OC(=O)C=C)c2)cc1F. The monoisotopic (exact) mass is 450 g/mol. The summed E-state index contributed by atoms with van der Waals surface area (Å²) in [6.45, 7) is 13.7. The van der Waals surface area contributed by atoms with Gasteiger partial charge in [-0.25, -0.2) is 18.8 Å². The van der Waals surface area contributed by atoms with Gasteiger partial charge in [0.25, 0.3) is 0 Å². The van der Waals surface area contributed by atoms with Crippen LogP contribution in [0.1, 0.15) is 31.4 Å². The molecule has 2 rings (SSSR count). The van der Waals surface area contributed by atoms with Gasteiger partial charge in [0.15, 0.2) is 23.1 Å². The van der Waals surface area contributed by atoms with E-state index < -0.39 is 23.7 Å². The maximum Gasteiger partial charge on any atom is 0.335 e. The predicted molar refractivity (Wildman–Crippen MR) is 123 cm³/mol. The summed E-state index contributed by atoms with van der Waals surface area (Å²) in [5, 5.41) is 0. The summed E-state index contributed by atoms with van der Waals surface area (Å²) >= 11 is 0. The lowest BCUT2D eigenvalue weighted by molar-refractivity contribution is -0.131. The van der Waals surface area contributed by atoms with Gasteiger partial charge in [-0.15, -0.1) is 0 Å². The zero-order valence-electron chi connectivity index (χ0n) is 18.4. The second-order valence-corrected chi connectivity index (χ2v) is 6.64. The Morgan fingerprint density at radius 1 is 0.788 bits per heavy atom. The van der Waals surface area contributed by atoms with E-state index in [1.54, 1.807) is 18.2 Å². The molecule has 33 heavy (non-hydrogen) atoms. The lowest BCUT2D eigenvalue weighted by atomic mass is 9.93. The van der Waals surface area contributed by atoms with E-state index in [4.69, 9.17) is 14.2 Å². The van der Waals surface area contributed by atoms with E-state index in [2.05, 4.69) is 19.7 Å². The van der Waals surface area contributed by atoms with E-state index in [1.807, 2.05) is 13.8 Å². The Morgan fingerprint density at radius 2 is 1.27 bits per heavy atom. The third kappa shape index (κ3) is 6.36. The molecule has 0 amide bonds. The first kappa shape index (κ1) is 25.0. The first-order valence-corrected chi connectivity index (χ1v) is 9.90. The molecule has 0 bridgehead atoms. The zero-order valence-corrected chi connectivity index (χ0v) is 18.4. The van der Waals surface area contributed by atoms with Crippen LogP contribution in [-0.4, -0.2) is 17.9 Å². The van der Waals surface area contributed by atoms with Crippen molar-refractivity contribution in [1.29, 1.82) is 0 Å². The first-order chi connectivity index (χ1) is 15.7. The Bertz CT molecular complexity index is 1160. The van der Waals surface area contributed by atoms with Crippen molar-refractivity contribution in [2.45, 2.75) is 20.3 Å². The highest BCUT2D eigenvalue weighted by molar-refractivity contribution is 5.92. The summed E-state index contributed by atoms with van der Waals surface area (Å²) < 4.78 is 29.7. The molecule has 0 heterocycles. The Morgan fingerprint density at radius 3 is 1.79 bits per heavy atom. The third-order valence-electron chi connectivity index (χ3n) is 4.59. The second kappa shape index (κ2) is 11.4. The highest BCUT2D eigenvalue weighted by Crippen LogP contribution is 2.36. The number of esters is 3. The number of carbonyl (C=O) groups is 3. The fourth-order valence-corrected chi connectivity index (χ4v) is 2.99. The third-order valence-corrected chi connectivity index (χ3v) is 4.59. The highest BCUT2D eigenvalue weighted by atomic mass is 19.1. The largest absolute Gasteiger partial charge is 0.420 e. The Kier molecular flexibility index (Phi) is 8.63. The zero-order chi connectivity index (χ0) is 24.5. The van der Waals surface area contributed by atoms with Crippen molar-refractivity contribution < 1.29 is 33.0 Å². The van der Waals surface area contributed by atoms with Crippen LogP contribution in [0.15, 0.2) is 74.4 Å². The van der Waals surface area contributed by atoms with Crippen molar-refractivity contribution in [2.75, 3.05) is 0 Å². The van der Waals surface area contributed by atoms with Crippen LogP contribution >= 0.6 is 0 Å². The molecule has 2 aromatic carbocycles. The number of halogens is 1. The average Bonchev–Trinajstić information content (AvgIpc) is 2.81. The van der Waals surface area contributed by atoms with Crippen LogP contribution < -0.4 is 14.2 Å². The molecule has 0 saturated carbocycles. The second-order valence-electron chi connectivity index (χ2n) is 6.64. The highest BCUT2D eigenvalue weighted by Gasteiger charge is 2.16. The van der Waals surface area contributed by atoms with Gasteiger partial charge in [-0.3, -0.25) is 0 Å². The fourth-order valence-electron chi connectivity index (χ4n) is 2.99. The first-order valence-electron chi connectivity index (χ1n) is 9.90. The average molecular weight is 450 g/mol. The van der Waals surface area contributed by atoms with Crippen LogP contribution in [0, 0.1) is 5.82 Å². The predicted octanol–water partition coefficient (Wildman–Crippen LogP) is 5.44. The number of carbonyl (C=O) groups excluding carboxylic acids is 3. The molecule has 0 saturated heterocycles. The molecule has 6 nitrogen and oxygen atoms in total. The Hall–Kier alpha value is -4.26. The van der Waals surface area contributed by atoms with Gasteiger partial charge >= 0.3 is 17.9 Å². The van der Waals surface area contributed by atoms with E-state index in [9.17, 15) is 18.8 Å². The summed E-state index contributed by atoms with van der Waals surface area (Å²) in [4.78, 5) is 34.7. The molecule has 0 aliphatic rings. The minimum atomic E-state index is -0.762. The fraction of sp³-hybridized carbons (Fsp3) is 0.115. The molecule has 2 aromatic rings. The van der Waals surface area contributed by atoms with E-state index in [-0.39, 0.29) is 17.2 Å². The van der Waals surface area contributed by atoms with Gasteiger partial charge in [0.1, 0.15) is 0 Å². The van der Waals surface area contributed by atoms with Gasteiger partial charge in [-0.1, -0.05) is 38.8 Å². The van der Waals surface area contributed by atoms with Gasteiger partial charge in [-0.05, 0) is 59.9 Å². The molecule has 0 fully saturated rings. The molecular formula is C26H23FO6. The van der Waals surface area contributed by atoms with Crippen molar-refractivity contribution in [3.05, 3.63) is 91.3 Å². The van der Waals surface area contributed by atoms with Gasteiger partial charge in [0, 0.05) is 18.2 Å². The summed E-state index contributed by atoms with van der Waals surface area (Å²) in [6.07, 6.45) is 3.47. The molecule has 0 N–H and O–H groups in total. The van der Waals surface area contributed by atoms with Crippen LogP contribution in [0.5, 0.6) is 17.2 Å². The van der Waals surface area contributed by atoms with Crippen LogP contribution in [0.4, 0.5) is 4.39 Å². The summed E-state index contributed by atoms with van der Waals surface area (Å²) in [6, 6.07) is 8.97. The molecule has 0 aromatic heterocycles. The van der Waals surface area contributed by atoms with E-state index in [0.717, 1.165) is 29.4 Å². The molecule has 7 heteroatoms. The molecule has 0 spiro atoms. The molecule has 0 unspecified atom stereocenters. The minimum Gasteiger partial charge on any atom is -0.420 e. The van der Waals surface area contributed by atoms with E-state index in [1.165, 1.54) is 18.2 Å². The lowest BCUT2D eigenvalue weighted by Gasteiger charge is -2.15. The number of allylic oxidation sites excluding steroid dienone is 2. The molecule has 0 aliphatic carbocycles. The van der Waals surface area contributed by atoms with Crippen molar-refractivity contribution in [1.82, 2.24) is 0 Å². The maximum atomic E-state index is 14.5. The lowest BCUT2D eigenvalue weighted by Crippen LogP contribution is -2.09. The Labute approximate surface area is 191 Å². The van der Waals surface area contributed by atoms with Crippen LogP contribution in [0.25, 0.3) is 11.1 Å². The minimum absolute atomic E-state index is 0.0178. The topological polar surface area (TPSA) is 78.9 Å².